The van der Waals surface area contributed by atoms with Crippen LogP contribution in [0.5, 0.6) is 5.75 Å². The van der Waals surface area contributed by atoms with Crippen molar-refractivity contribution < 1.29 is 22.8 Å². The van der Waals surface area contributed by atoms with Crippen molar-refractivity contribution in [3.05, 3.63) is 29.7 Å². The van der Waals surface area contributed by atoms with Crippen LogP contribution in [0.25, 0.3) is 11.4 Å². The zero-order valence-corrected chi connectivity index (χ0v) is 8.90. The van der Waals surface area contributed by atoms with Crippen LogP contribution < -0.4 is 5.73 Å². The van der Waals surface area contributed by atoms with Crippen LogP contribution in [0.2, 0.25) is 0 Å². The highest BCUT2D eigenvalue weighted by atomic mass is 19.4. The number of rotatable bonds is 2. The van der Waals surface area contributed by atoms with Crippen LogP contribution in [0.4, 0.5) is 13.2 Å². The number of aromatic nitrogens is 2. The Morgan fingerprint density at radius 2 is 2.06 bits per heavy atom. The lowest BCUT2D eigenvalue weighted by Crippen LogP contribution is -2.05. The van der Waals surface area contributed by atoms with Gasteiger partial charge in [-0.3, -0.25) is 0 Å². The maximum Gasteiger partial charge on any atom is 0.419 e. The lowest BCUT2D eigenvalue weighted by atomic mass is 10.1. The quantitative estimate of drug-likeness (QED) is 0.860. The van der Waals surface area contributed by atoms with Gasteiger partial charge in [-0.15, -0.1) is 0 Å². The Labute approximate surface area is 99.0 Å². The Bertz CT molecular complexity index is 566. The van der Waals surface area contributed by atoms with Crippen molar-refractivity contribution in [3.8, 4) is 17.1 Å². The third-order valence-electron chi connectivity index (χ3n) is 2.23. The third kappa shape index (κ3) is 2.14. The number of alkyl halides is 3. The molecule has 18 heavy (non-hydrogen) atoms. The van der Waals surface area contributed by atoms with Crippen LogP contribution in [0.15, 0.2) is 22.7 Å². The molecule has 1 heterocycles. The molecule has 0 aliphatic carbocycles. The van der Waals surface area contributed by atoms with Gasteiger partial charge in [-0.1, -0.05) is 11.2 Å². The van der Waals surface area contributed by atoms with E-state index in [1.807, 2.05) is 0 Å². The molecule has 2 rings (SSSR count). The van der Waals surface area contributed by atoms with Crippen molar-refractivity contribution in [1.82, 2.24) is 10.1 Å². The van der Waals surface area contributed by atoms with Gasteiger partial charge in [0.15, 0.2) is 0 Å². The van der Waals surface area contributed by atoms with Crippen molar-refractivity contribution in [2.75, 3.05) is 0 Å². The molecule has 0 spiro atoms. The first kappa shape index (κ1) is 12.4. The van der Waals surface area contributed by atoms with E-state index in [4.69, 9.17) is 5.73 Å². The van der Waals surface area contributed by atoms with Crippen molar-refractivity contribution in [3.63, 3.8) is 0 Å². The van der Waals surface area contributed by atoms with Gasteiger partial charge in [0.1, 0.15) is 5.75 Å². The molecule has 0 saturated carbocycles. The van der Waals surface area contributed by atoms with Gasteiger partial charge in [-0.2, -0.15) is 18.2 Å². The molecule has 0 amide bonds. The maximum atomic E-state index is 12.6. The number of hydrogen-bond acceptors (Lipinski definition) is 5. The normalized spacial score (nSPS) is 11.8. The van der Waals surface area contributed by atoms with E-state index in [2.05, 4.69) is 14.7 Å². The van der Waals surface area contributed by atoms with E-state index in [0.29, 0.717) is 0 Å². The maximum absolute atomic E-state index is 12.6. The summed E-state index contributed by atoms with van der Waals surface area (Å²) < 4.78 is 42.4. The summed E-state index contributed by atoms with van der Waals surface area (Å²) in [6.07, 6.45) is -4.65. The summed E-state index contributed by atoms with van der Waals surface area (Å²) in [7, 11) is 0. The molecule has 0 atom stereocenters. The third-order valence-corrected chi connectivity index (χ3v) is 2.23. The Morgan fingerprint density at radius 1 is 1.33 bits per heavy atom. The van der Waals surface area contributed by atoms with E-state index < -0.39 is 17.5 Å². The number of nitrogens with two attached hydrogens (primary N) is 1. The van der Waals surface area contributed by atoms with E-state index in [9.17, 15) is 18.3 Å². The summed E-state index contributed by atoms with van der Waals surface area (Å²) in [5, 5.41) is 13.0. The minimum absolute atomic E-state index is 0.0350. The van der Waals surface area contributed by atoms with Gasteiger partial charge in [-0.05, 0) is 12.1 Å². The SMILES string of the molecule is NCc1nc(-c2cccc(C(F)(F)F)c2O)no1. The van der Waals surface area contributed by atoms with Gasteiger partial charge in [0.25, 0.3) is 0 Å². The topological polar surface area (TPSA) is 85.2 Å². The van der Waals surface area contributed by atoms with Gasteiger partial charge in [0.2, 0.25) is 11.7 Å². The van der Waals surface area contributed by atoms with Crippen LogP contribution in [-0.2, 0) is 12.7 Å². The number of para-hydroxylation sites is 1. The van der Waals surface area contributed by atoms with Crippen molar-refractivity contribution >= 4 is 0 Å². The molecule has 0 bridgehead atoms. The molecule has 1 aromatic carbocycles. The van der Waals surface area contributed by atoms with Crippen LogP contribution in [0.1, 0.15) is 11.5 Å². The van der Waals surface area contributed by atoms with E-state index in [1.54, 1.807) is 0 Å². The molecule has 8 heteroatoms. The minimum Gasteiger partial charge on any atom is -0.507 e. The molecule has 96 valence electrons. The van der Waals surface area contributed by atoms with Gasteiger partial charge in [0.05, 0.1) is 17.7 Å². The number of benzene rings is 1. The fourth-order valence-corrected chi connectivity index (χ4v) is 1.40. The molecule has 0 fully saturated rings. The lowest BCUT2D eigenvalue weighted by Gasteiger charge is -2.10. The van der Waals surface area contributed by atoms with Crippen LogP contribution in [0, 0.1) is 0 Å². The monoisotopic (exact) mass is 259 g/mol. The first-order valence-electron chi connectivity index (χ1n) is 4.85. The largest absolute Gasteiger partial charge is 0.507 e. The Hall–Kier alpha value is -2.09. The van der Waals surface area contributed by atoms with Gasteiger partial charge in [0, 0.05) is 0 Å². The van der Waals surface area contributed by atoms with Crippen LogP contribution in [-0.4, -0.2) is 15.2 Å². The second kappa shape index (κ2) is 4.30. The highest BCUT2D eigenvalue weighted by Crippen LogP contribution is 2.40. The second-order valence-electron chi connectivity index (χ2n) is 3.42. The summed E-state index contributed by atoms with van der Waals surface area (Å²) in [6, 6.07) is 3.18. The zero-order chi connectivity index (χ0) is 13.3. The van der Waals surface area contributed by atoms with E-state index in [1.165, 1.54) is 6.07 Å². The fraction of sp³-hybridized carbons (Fsp3) is 0.200. The van der Waals surface area contributed by atoms with E-state index in [0.717, 1.165) is 12.1 Å². The fourth-order valence-electron chi connectivity index (χ4n) is 1.40. The number of nitrogens with zero attached hydrogens (tertiary/aromatic N) is 2. The molecule has 0 radical (unpaired) electrons. The number of phenolic OH excluding ortho intramolecular Hbond substituents is 1. The molecular weight excluding hydrogens is 251 g/mol. The highest BCUT2D eigenvalue weighted by Gasteiger charge is 2.35. The van der Waals surface area contributed by atoms with Crippen molar-refractivity contribution in [2.24, 2.45) is 5.73 Å². The summed E-state index contributed by atoms with van der Waals surface area (Å²) >= 11 is 0. The smallest absolute Gasteiger partial charge is 0.419 e. The molecule has 0 saturated heterocycles. The Kier molecular flexibility index (Phi) is 2.95. The number of hydrogen-bond donors (Lipinski definition) is 2. The molecular formula is C10H8F3N3O2. The summed E-state index contributed by atoms with van der Waals surface area (Å²) in [4.78, 5) is 3.75. The van der Waals surface area contributed by atoms with Crippen molar-refractivity contribution in [2.45, 2.75) is 12.7 Å². The summed E-state index contributed by atoms with van der Waals surface area (Å²) in [5.74, 6) is -1.00. The van der Waals surface area contributed by atoms with Crippen LogP contribution in [0.3, 0.4) is 0 Å². The standard InChI is InChI=1S/C10H8F3N3O2/c11-10(12,13)6-3-1-2-5(8(6)17)9-15-7(4-14)18-16-9/h1-3,17H,4,14H2. The molecule has 0 unspecified atom stereocenters. The number of halogens is 3. The first-order valence-corrected chi connectivity index (χ1v) is 4.85. The predicted octanol–water partition coefficient (Wildman–Crippen LogP) is 1.92. The van der Waals surface area contributed by atoms with Gasteiger partial charge in [-0.25, -0.2) is 0 Å². The number of phenols is 1. The Balaban J connectivity index is 2.52. The first-order chi connectivity index (χ1) is 8.43. The average Bonchev–Trinajstić information content (AvgIpc) is 2.76. The molecule has 5 nitrogen and oxygen atoms in total. The van der Waals surface area contributed by atoms with Crippen LogP contribution >= 0.6 is 0 Å². The average molecular weight is 259 g/mol. The minimum atomic E-state index is -4.65. The summed E-state index contributed by atoms with van der Waals surface area (Å²) in [5.41, 5.74) is 3.93. The molecule has 1 aromatic heterocycles. The van der Waals surface area contributed by atoms with Gasteiger partial charge < -0.3 is 15.4 Å². The van der Waals surface area contributed by atoms with E-state index >= 15 is 0 Å². The second-order valence-corrected chi connectivity index (χ2v) is 3.42. The molecule has 0 aliphatic rings. The van der Waals surface area contributed by atoms with Gasteiger partial charge >= 0.3 is 6.18 Å². The molecule has 2 aromatic rings. The molecule has 0 aliphatic heterocycles. The zero-order valence-electron chi connectivity index (χ0n) is 8.90. The summed E-state index contributed by atoms with van der Waals surface area (Å²) in [6.45, 7) is -0.0350. The van der Waals surface area contributed by atoms with E-state index in [-0.39, 0.29) is 23.8 Å². The highest BCUT2D eigenvalue weighted by molar-refractivity contribution is 5.66. The number of aromatic hydroxyl groups is 1. The Morgan fingerprint density at radius 3 is 2.61 bits per heavy atom. The van der Waals surface area contributed by atoms with Crippen molar-refractivity contribution in [1.29, 1.82) is 0 Å². The lowest BCUT2D eigenvalue weighted by molar-refractivity contribution is -0.138. The predicted molar refractivity (Wildman–Crippen MR) is 54.3 cm³/mol. The molecule has 3 N–H and O–H groups in total.